The lowest BCUT2D eigenvalue weighted by atomic mass is 9.96. The molecule has 0 saturated carbocycles. The van der Waals surface area contributed by atoms with Crippen molar-refractivity contribution in [3.63, 3.8) is 0 Å². The molecule has 2 saturated heterocycles. The second kappa shape index (κ2) is 5.67. The van der Waals surface area contributed by atoms with Gasteiger partial charge in [0.25, 0.3) is 0 Å². The van der Waals surface area contributed by atoms with E-state index in [2.05, 4.69) is 17.1 Å². The zero-order valence-corrected chi connectivity index (χ0v) is 10.4. The summed E-state index contributed by atoms with van der Waals surface area (Å²) in [5, 5.41) is 3.32. The maximum Gasteiger partial charge on any atom is 0.225 e. The molecular weight excluding hydrogens is 200 g/mol. The summed E-state index contributed by atoms with van der Waals surface area (Å²) in [7, 11) is 0. The number of piperidine rings is 1. The topological polar surface area (TPSA) is 32.3 Å². The lowest BCUT2D eigenvalue weighted by Gasteiger charge is -2.28. The monoisotopic (exact) mass is 224 g/mol. The Morgan fingerprint density at radius 1 is 1.12 bits per heavy atom. The lowest BCUT2D eigenvalue weighted by molar-refractivity contribution is -0.136. The minimum Gasteiger partial charge on any atom is -0.342 e. The first-order valence-electron chi connectivity index (χ1n) is 6.77. The van der Waals surface area contributed by atoms with Crippen molar-refractivity contribution in [2.45, 2.75) is 39.0 Å². The second-order valence-corrected chi connectivity index (χ2v) is 5.39. The molecule has 2 aliphatic rings. The van der Waals surface area contributed by atoms with E-state index in [-0.39, 0.29) is 0 Å². The number of hydrogen-bond acceptors (Lipinski definition) is 2. The van der Waals surface area contributed by atoms with Gasteiger partial charge in [-0.3, -0.25) is 4.79 Å². The molecule has 2 rings (SSSR count). The molecule has 0 aromatic carbocycles. The molecule has 0 aliphatic carbocycles. The first-order chi connectivity index (χ1) is 7.77. The van der Waals surface area contributed by atoms with Gasteiger partial charge in [-0.15, -0.1) is 0 Å². The molecule has 2 aliphatic heterocycles. The van der Waals surface area contributed by atoms with Crippen LogP contribution in [0.15, 0.2) is 0 Å². The summed E-state index contributed by atoms with van der Waals surface area (Å²) >= 11 is 0. The number of nitrogens with zero attached hydrogens (tertiary/aromatic N) is 1. The molecule has 1 amide bonds. The zero-order valence-electron chi connectivity index (χ0n) is 10.4. The fourth-order valence-electron chi connectivity index (χ4n) is 2.81. The largest absolute Gasteiger partial charge is 0.342 e. The molecule has 0 aromatic heterocycles. The highest BCUT2D eigenvalue weighted by Crippen LogP contribution is 2.21. The lowest BCUT2D eigenvalue weighted by Crippen LogP contribution is -2.41. The Kier molecular flexibility index (Phi) is 4.22. The standard InChI is InChI=1S/C13H24N2O/c1-11-3-2-9-15(10-6-11)13(16)12-4-7-14-8-5-12/h11-12,14H,2-10H2,1H3. The Morgan fingerprint density at radius 2 is 1.88 bits per heavy atom. The van der Waals surface area contributed by atoms with Crippen molar-refractivity contribution in [1.29, 1.82) is 0 Å². The molecule has 92 valence electrons. The summed E-state index contributed by atoms with van der Waals surface area (Å²) in [5.74, 6) is 1.52. The van der Waals surface area contributed by atoms with Gasteiger partial charge in [-0.1, -0.05) is 6.92 Å². The van der Waals surface area contributed by atoms with Crippen molar-refractivity contribution in [2.75, 3.05) is 26.2 Å². The van der Waals surface area contributed by atoms with Gasteiger partial charge in [0.05, 0.1) is 0 Å². The smallest absolute Gasteiger partial charge is 0.225 e. The molecule has 2 fully saturated rings. The van der Waals surface area contributed by atoms with Crippen LogP contribution in [0.3, 0.4) is 0 Å². The fraction of sp³-hybridized carbons (Fsp3) is 0.923. The average Bonchev–Trinajstić information content (AvgIpc) is 2.54. The van der Waals surface area contributed by atoms with Crippen LogP contribution >= 0.6 is 0 Å². The SMILES string of the molecule is CC1CCCN(C(=O)C2CCNCC2)CC1. The molecule has 1 N–H and O–H groups in total. The van der Waals surface area contributed by atoms with Crippen LogP contribution in [0.1, 0.15) is 39.0 Å². The van der Waals surface area contributed by atoms with Gasteiger partial charge >= 0.3 is 0 Å². The molecule has 0 bridgehead atoms. The molecule has 16 heavy (non-hydrogen) atoms. The van der Waals surface area contributed by atoms with E-state index in [0.717, 1.165) is 44.9 Å². The fourth-order valence-corrected chi connectivity index (χ4v) is 2.81. The van der Waals surface area contributed by atoms with Crippen molar-refractivity contribution in [2.24, 2.45) is 11.8 Å². The van der Waals surface area contributed by atoms with E-state index in [0.29, 0.717) is 11.8 Å². The van der Waals surface area contributed by atoms with Gasteiger partial charge in [0.1, 0.15) is 0 Å². The van der Waals surface area contributed by atoms with E-state index >= 15 is 0 Å². The van der Waals surface area contributed by atoms with E-state index in [1.165, 1.54) is 19.3 Å². The minimum absolute atomic E-state index is 0.301. The predicted molar refractivity (Wildman–Crippen MR) is 65.2 cm³/mol. The predicted octanol–water partition coefficient (Wildman–Crippen LogP) is 1.63. The second-order valence-electron chi connectivity index (χ2n) is 5.39. The van der Waals surface area contributed by atoms with E-state index in [1.54, 1.807) is 0 Å². The van der Waals surface area contributed by atoms with Crippen molar-refractivity contribution in [3.8, 4) is 0 Å². The Hall–Kier alpha value is -0.570. The van der Waals surface area contributed by atoms with Crippen LogP contribution in [0.2, 0.25) is 0 Å². The van der Waals surface area contributed by atoms with Crippen molar-refractivity contribution in [1.82, 2.24) is 10.2 Å². The molecule has 3 nitrogen and oxygen atoms in total. The summed E-state index contributed by atoms with van der Waals surface area (Å²) < 4.78 is 0. The van der Waals surface area contributed by atoms with Gasteiger partial charge in [-0.2, -0.15) is 0 Å². The summed E-state index contributed by atoms with van der Waals surface area (Å²) in [6, 6.07) is 0. The van der Waals surface area contributed by atoms with Crippen LogP contribution in [0.5, 0.6) is 0 Å². The van der Waals surface area contributed by atoms with Crippen molar-refractivity contribution >= 4 is 5.91 Å². The number of carbonyl (C=O) groups excluding carboxylic acids is 1. The van der Waals surface area contributed by atoms with Gasteiger partial charge in [0, 0.05) is 19.0 Å². The van der Waals surface area contributed by atoms with Crippen LogP contribution in [0.25, 0.3) is 0 Å². The highest BCUT2D eigenvalue weighted by molar-refractivity contribution is 5.79. The quantitative estimate of drug-likeness (QED) is 0.734. The summed E-state index contributed by atoms with van der Waals surface area (Å²) in [4.78, 5) is 14.4. The first kappa shape index (κ1) is 11.9. The maximum atomic E-state index is 12.3. The van der Waals surface area contributed by atoms with Crippen LogP contribution in [-0.2, 0) is 4.79 Å². The van der Waals surface area contributed by atoms with Gasteiger partial charge in [0.15, 0.2) is 0 Å². The number of carbonyl (C=O) groups is 1. The van der Waals surface area contributed by atoms with E-state index in [1.807, 2.05) is 0 Å². The van der Waals surface area contributed by atoms with Crippen LogP contribution in [-0.4, -0.2) is 37.0 Å². The van der Waals surface area contributed by atoms with E-state index in [4.69, 9.17) is 0 Å². The Morgan fingerprint density at radius 3 is 2.62 bits per heavy atom. The van der Waals surface area contributed by atoms with Crippen LogP contribution in [0.4, 0.5) is 0 Å². The molecule has 1 unspecified atom stereocenters. The maximum absolute atomic E-state index is 12.3. The molecule has 3 heteroatoms. The highest BCUT2D eigenvalue weighted by Gasteiger charge is 2.26. The third kappa shape index (κ3) is 2.97. The van der Waals surface area contributed by atoms with E-state index < -0.39 is 0 Å². The zero-order chi connectivity index (χ0) is 11.4. The van der Waals surface area contributed by atoms with Crippen LogP contribution in [0, 0.1) is 11.8 Å². The Labute approximate surface area is 98.6 Å². The highest BCUT2D eigenvalue weighted by atomic mass is 16.2. The normalized spacial score (nSPS) is 28.8. The number of likely N-dealkylation sites (tertiary alicyclic amines) is 1. The molecule has 0 spiro atoms. The van der Waals surface area contributed by atoms with Crippen LogP contribution < -0.4 is 5.32 Å². The first-order valence-corrected chi connectivity index (χ1v) is 6.77. The minimum atomic E-state index is 0.301. The summed E-state index contributed by atoms with van der Waals surface area (Å²) in [5.41, 5.74) is 0. The number of hydrogen-bond donors (Lipinski definition) is 1. The number of amides is 1. The van der Waals surface area contributed by atoms with E-state index in [9.17, 15) is 4.79 Å². The number of rotatable bonds is 1. The summed E-state index contributed by atoms with van der Waals surface area (Å²) in [6.45, 7) is 6.32. The van der Waals surface area contributed by atoms with Crippen molar-refractivity contribution < 1.29 is 4.79 Å². The van der Waals surface area contributed by atoms with Gasteiger partial charge in [0.2, 0.25) is 5.91 Å². The third-order valence-electron chi connectivity index (χ3n) is 4.02. The molecular formula is C13H24N2O. The van der Waals surface area contributed by atoms with Gasteiger partial charge in [-0.25, -0.2) is 0 Å². The Balaban J connectivity index is 1.87. The molecule has 0 radical (unpaired) electrons. The molecule has 1 atom stereocenters. The van der Waals surface area contributed by atoms with Crippen molar-refractivity contribution in [3.05, 3.63) is 0 Å². The summed E-state index contributed by atoms with van der Waals surface area (Å²) in [6.07, 6.45) is 5.74. The van der Waals surface area contributed by atoms with Gasteiger partial charge in [-0.05, 0) is 51.1 Å². The third-order valence-corrected chi connectivity index (χ3v) is 4.02. The number of nitrogens with one attached hydrogen (secondary N) is 1. The molecule has 2 heterocycles. The average molecular weight is 224 g/mol. The molecule has 0 aromatic rings. The van der Waals surface area contributed by atoms with Gasteiger partial charge < -0.3 is 10.2 Å². The Bertz CT molecular complexity index is 236.